The second kappa shape index (κ2) is 8.60. The Morgan fingerprint density at radius 2 is 2.27 bits per heavy atom. The van der Waals surface area contributed by atoms with Crippen molar-refractivity contribution in [2.45, 2.75) is 24.5 Å². The summed E-state index contributed by atoms with van der Waals surface area (Å²) in [5.41, 5.74) is 1.08. The standard InChI is InChI=1S/C16H18BrNO2S2/c1-11(16(19)18-9-14-4-3-7-21-14)22-10-12-8-13(17)5-6-15(12)20-2/h3-8,11H,9-10H2,1-2H3,(H,18,19). The van der Waals surface area contributed by atoms with E-state index in [1.807, 2.05) is 42.6 Å². The molecule has 0 saturated carbocycles. The molecule has 1 aromatic heterocycles. The lowest BCUT2D eigenvalue weighted by molar-refractivity contribution is -0.120. The zero-order valence-corrected chi connectivity index (χ0v) is 15.7. The number of thiophene rings is 1. The Hall–Kier alpha value is -0.980. The third-order valence-electron chi connectivity index (χ3n) is 3.12. The van der Waals surface area contributed by atoms with Crippen molar-refractivity contribution >= 4 is 44.9 Å². The van der Waals surface area contributed by atoms with Gasteiger partial charge in [0.25, 0.3) is 0 Å². The van der Waals surface area contributed by atoms with Crippen LogP contribution in [0.2, 0.25) is 0 Å². The molecule has 118 valence electrons. The molecule has 0 bridgehead atoms. The lowest BCUT2D eigenvalue weighted by Gasteiger charge is -2.13. The molecule has 1 heterocycles. The number of carbonyl (C=O) groups excluding carboxylic acids is 1. The number of thioether (sulfide) groups is 1. The Morgan fingerprint density at radius 3 is 2.95 bits per heavy atom. The molecule has 0 spiro atoms. The van der Waals surface area contributed by atoms with Gasteiger partial charge in [-0.3, -0.25) is 4.79 Å². The molecule has 1 unspecified atom stereocenters. The normalized spacial score (nSPS) is 12.0. The molecule has 0 fully saturated rings. The smallest absolute Gasteiger partial charge is 0.233 e. The summed E-state index contributed by atoms with van der Waals surface area (Å²) >= 11 is 6.72. The number of halogens is 1. The third-order valence-corrected chi connectivity index (χ3v) is 5.68. The summed E-state index contributed by atoms with van der Waals surface area (Å²) in [4.78, 5) is 13.3. The van der Waals surface area contributed by atoms with Crippen LogP contribution in [0.25, 0.3) is 0 Å². The maximum Gasteiger partial charge on any atom is 0.233 e. The van der Waals surface area contributed by atoms with Crippen molar-refractivity contribution in [3.63, 3.8) is 0 Å². The molecular weight excluding hydrogens is 382 g/mol. The first-order valence-electron chi connectivity index (χ1n) is 6.84. The average Bonchev–Trinajstić information content (AvgIpc) is 3.03. The summed E-state index contributed by atoms with van der Waals surface area (Å²) in [7, 11) is 1.66. The first kappa shape index (κ1) is 17.4. The zero-order chi connectivity index (χ0) is 15.9. The minimum atomic E-state index is -0.108. The molecule has 1 atom stereocenters. The molecule has 2 rings (SSSR count). The van der Waals surface area contributed by atoms with Crippen molar-refractivity contribution in [1.29, 1.82) is 0 Å². The molecule has 1 N–H and O–H groups in total. The number of carbonyl (C=O) groups is 1. The van der Waals surface area contributed by atoms with Crippen LogP contribution >= 0.6 is 39.0 Å². The minimum absolute atomic E-state index is 0.0624. The van der Waals surface area contributed by atoms with Crippen molar-refractivity contribution in [2.75, 3.05) is 7.11 Å². The van der Waals surface area contributed by atoms with Gasteiger partial charge in [0.2, 0.25) is 5.91 Å². The largest absolute Gasteiger partial charge is 0.496 e. The molecule has 0 saturated heterocycles. The minimum Gasteiger partial charge on any atom is -0.496 e. The first-order chi connectivity index (χ1) is 10.6. The summed E-state index contributed by atoms with van der Waals surface area (Å²) in [6.45, 7) is 2.53. The van der Waals surface area contributed by atoms with Crippen LogP contribution in [-0.4, -0.2) is 18.3 Å². The number of hydrogen-bond acceptors (Lipinski definition) is 4. The van der Waals surface area contributed by atoms with E-state index in [2.05, 4.69) is 21.2 Å². The van der Waals surface area contributed by atoms with Gasteiger partial charge in [-0.25, -0.2) is 0 Å². The molecule has 6 heteroatoms. The summed E-state index contributed by atoms with van der Waals surface area (Å²) in [6.07, 6.45) is 0. The fourth-order valence-electron chi connectivity index (χ4n) is 1.88. The molecule has 0 aliphatic rings. The van der Waals surface area contributed by atoms with Crippen LogP contribution in [0.3, 0.4) is 0 Å². The number of rotatable bonds is 7. The highest BCUT2D eigenvalue weighted by Crippen LogP contribution is 2.28. The van der Waals surface area contributed by atoms with Crippen LogP contribution in [0, 0.1) is 0 Å². The van der Waals surface area contributed by atoms with Gasteiger partial charge in [-0.2, -0.15) is 0 Å². The summed E-state index contributed by atoms with van der Waals surface area (Å²) in [5.74, 6) is 1.64. The maximum absolute atomic E-state index is 12.1. The highest BCUT2D eigenvalue weighted by atomic mass is 79.9. The fourth-order valence-corrected chi connectivity index (χ4v) is 3.82. The maximum atomic E-state index is 12.1. The molecule has 2 aromatic rings. The Kier molecular flexibility index (Phi) is 6.79. The predicted octanol–water partition coefficient (Wildman–Crippen LogP) is 4.46. The van der Waals surface area contributed by atoms with Gasteiger partial charge in [-0.05, 0) is 36.6 Å². The quantitative estimate of drug-likeness (QED) is 0.746. The van der Waals surface area contributed by atoms with Gasteiger partial charge in [0.1, 0.15) is 5.75 Å². The number of nitrogens with one attached hydrogen (secondary N) is 1. The number of benzene rings is 1. The average molecular weight is 400 g/mol. The molecule has 0 aliphatic heterocycles. The van der Waals surface area contributed by atoms with Gasteiger partial charge in [0.05, 0.1) is 18.9 Å². The number of hydrogen-bond donors (Lipinski definition) is 1. The second-order valence-corrected chi connectivity index (χ2v) is 7.98. The van der Waals surface area contributed by atoms with Crippen molar-refractivity contribution in [3.8, 4) is 5.75 Å². The van der Waals surface area contributed by atoms with Crippen LogP contribution in [0.5, 0.6) is 5.75 Å². The van der Waals surface area contributed by atoms with E-state index in [1.54, 1.807) is 30.2 Å². The fraction of sp³-hybridized carbons (Fsp3) is 0.312. The monoisotopic (exact) mass is 399 g/mol. The first-order valence-corrected chi connectivity index (χ1v) is 9.56. The predicted molar refractivity (Wildman–Crippen MR) is 97.6 cm³/mol. The van der Waals surface area contributed by atoms with Crippen LogP contribution in [-0.2, 0) is 17.1 Å². The van der Waals surface area contributed by atoms with Crippen molar-refractivity contribution in [3.05, 3.63) is 50.6 Å². The van der Waals surface area contributed by atoms with Gasteiger partial charge in [-0.1, -0.05) is 22.0 Å². The van der Waals surface area contributed by atoms with Gasteiger partial charge in [-0.15, -0.1) is 23.1 Å². The van der Waals surface area contributed by atoms with Crippen LogP contribution < -0.4 is 10.1 Å². The van der Waals surface area contributed by atoms with E-state index in [0.717, 1.165) is 21.5 Å². The Labute approximate surface area is 147 Å². The van der Waals surface area contributed by atoms with Crippen LogP contribution in [0.15, 0.2) is 40.2 Å². The van der Waals surface area contributed by atoms with E-state index < -0.39 is 0 Å². The van der Waals surface area contributed by atoms with Gasteiger partial charge in [0, 0.05) is 20.7 Å². The lowest BCUT2D eigenvalue weighted by Crippen LogP contribution is -2.30. The molecular formula is C16H18BrNO2S2. The number of methoxy groups -OCH3 is 1. The summed E-state index contributed by atoms with van der Waals surface area (Å²) in [5, 5.41) is 4.88. The van der Waals surface area contributed by atoms with E-state index in [1.165, 1.54) is 4.88 Å². The third kappa shape index (κ3) is 5.04. The molecule has 1 aromatic carbocycles. The molecule has 1 amide bonds. The van der Waals surface area contributed by atoms with Gasteiger partial charge < -0.3 is 10.1 Å². The SMILES string of the molecule is COc1ccc(Br)cc1CSC(C)C(=O)NCc1cccs1. The number of ether oxygens (including phenoxy) is 1. The lowest BCUT2D eigenvalue weighted by atomic mass is 10.2. The van der Waals surface area contributed by atoms with Gasteiger partial charge in [0.15, 0.2) is 0 Å². The van der Waals surface area contributed by atoms with Crippen LogP contribution in [0.4, 0.5) is 0 Å². The van der Waals surface area contributed by atoms with E-state index in [4.69, 9.17) is 4.74 Å². The number of amides is 1. The van der Waals surface area contributed by atoms with Crippen molar-refractivity contribution < 1.29 is 9.53 Å². The highest BCUT2D eigenvalue weighted by molar-refractivity contribution is 9.10. The summed E-state index contributed by atoms with van der Waals surface area (Å²) in [6, 6.07) is 9.92. The van der Waals surface area contributed by atoms with Crippen LogP contribution in [0.1, 0.15) is 17.4 Å². The van der Waals surface area contributed by atoms with E-state index >= 15 is 0 Å². The zero-order valence-electron chi connectivity index (χ0n) is 12.5. The van der Waals surface area contributed by atoms with Gasteiger partial charge >= 0.3 is 0 Å². The Bertz CT molecular complexity index is 617. The van der Waals surface area contributed by atoms with E-state index in [9.17, 15) is 4.79 Å². The van der Waals surface area contributed by atoms with Crippen molar-refractivity contribution in [2.24, 2.45) is 0 Å². The molecule has 22 heavy (non-hydrogen) atoms. The highest BCUT2D eigenvalue weighted by Gasteiger charge is 2.14. The topological polar surface area (TPSA) is 38.3 Å². The molecule has 0 radical (unpaired) electrons. The second-order valence-electron chi connectivity index (χ2n) is 4.71. The van der Waals surface area contributed by atoms with E-state index in [-0.39, 0.29) is 11.2 Å². The Morgan fingerprint density at radius 1 is 1.45 bits per heavy atom. The van der Waals surface area contributed by atoms with E-state index in [0.29, 0.717) is 6.54 Å². The van der Waals surface area contributed by atoms with Crippen molar-refractivity contribution in [1.82, 2.24) is 5.32 Å². The molecule has 0 aliphatic carbocycles. The molecule has 3 nitrogen and oxygen atoms in total. The summed E-state index contributed by atoms with van der Waals surface area (Å²) < 4.78 is 6.37. The Balaban J connectivity index is 1.85.